The predicted octanol–water partition coefficient (Wildman–Crippen LogP) is 8.69. The number of aliphatic hydroxyl groups excluding tert-OH is 4. The minimum Gasteiger partial charge on any atom is -0.463 e. The molecule has 4 N–H and O–H groups in total. The van der Waals surface area contributed by atoms with E-state index in [9.17, 15) is 30.0 Å². The summed E-state index contributed by atoms with van der Waals surface area (Å²) in [6.45, 7) is 13.8. The van der Waals surface area contributed by atoms with Crippen LogP contribution in [-0.2, 0) is 23.8 Å². The van der Waals surface area contributed by atoms with E-state index in [1.807, 2.05) is 0 Å². The summed E-state index contributed by atoms with van der Waals surface area (Å²) in [5, 5.41) is 44.2. The van der Waals surface area contributed by atoms with E-state index in [0.29, 0.717) is 30.6 Å². The number of carbonyl (C=O) groups excluding carboxylic acids is 2. The van der Waals surface area contributed by atoms with Gasteiger partial charge in [0.25, 0.3) is 0 Å². The van der Waals surface area contributed by atoms with Gasteiger partial charge in [-0.15, -0.1) is 0 Å². The third-order valence-electron chi connectivity index (χ3n) is 16.1. The highest BCUT2D eigenvalue weighted by atomic mass is 16.7. The Morgan fingerprint density at radius 3 is 2.05 bits per heavy atom. The number of hydrogen-bond donors (Lipinski definition) is 4. The maximum Gasteiger partial charge on any atom is 0.305 e. The Kier molecular flexibility index (Phi) is 17.2. The summed E-state index contributed by atoms with van der Waals surface area (Å²) in [6.07, 6.45) is 15.3. The first-order chi connectivity index (χ1) is 26.7. The SMILES string of the molecule is CCCCCCCCCCCCCC(=O)OC[C@H]1O[C@H](OC2CC[C@@]3(C)C(C2)C(=O)C(O)C2C3CC[C@@]3(C)C2CC[C@@H]3[C@H](C)CCCC(C)C)[C@H](O)[C@H](O)[C@H]1O. The predicted molar refractivity (Wildman–Crippen MR) is 218 cm³/mol. The van der Waals surface area contributed by atoms with Gasteiger partial charge >= 0.3 is 5.97 Å². The van der Waals surface area contributed by atoms with Gasteiger partial charge < -0.3 is 34.6 Å². The Labute approximate surface area is 339 Å². The normalized spacial score (nSPS) is 40.2. The van der Waals surface area contributed by atoms with Gasteiger partial charge in [-0.1, -0.05) is 125 Å². The average molecular weight is 791 g/mol. The Morgan fingerprint density at radius 1 is 0.768 bits per heavy atom. The van der Waals surface area contributed by atoms with Gasteiger partial charge in [0.2, 0.25) is 0 Å². The van der Waals surface area contributed by atoms with Crippen LogP contribution in [0, 0.1) is 52.3 Å². The van der Waals surface area contributed by atoms with E-state index in [0.717, 1.165) is 50.9 Å². The smallest absolute Gasteiger partial charge is 0.305 e. The topological polar surface area (TPSA) is 143 Å². The number of carbonyl (C=O) groups is 2. The number of esters is 1. The van der Waals surface area contributed by atoms with Crippen molar-refractivity contribution in [3.05, 3.63) is 0 Å². The lowest BCUT2D eigenvalue weighted by atomic mass is 9.43. The van der Waals surface area contributed by atoms with Crippen LogP contribution in [0.3, 0.4) is 0 Å². The molecule has 9 heteroatoms. The molecule has 0 radical (unpaired) electrons. The summed E-state index contributed by atoms with van der Waals surface area (Å²) in [7, 11) is 0. The zero-order valence-corrected chi connectivity index (χ0v) is 36.2. The molecule has 9 nitrogen and oxygen atoms in total. The second-order valence-electron chi connectivity index (χ2n) is 20.2. The molecule has 4 aliphatic carbocycles. The fourth-order valence-corrected chi connectivity index (χ4v) is 12.7. The van der Waals surface area contributed by atoms with Crippen LogP contribution in [0.1, 0.15) is 183 Å². The molecule has 0 amide bonds. The number of ether oxygens (including phenoxy) is 3. The third kappa shape index (κ3) is 10.6. The van der Waals surface area contributed by atoms with E-state index in [4.69, 9.17) is 14.2 Å². The van der Waals surface area contributed by atoms with Crippen LogP contribution in [-0.4, -0.2) is 81.7 Å². The van der Waals surface area contributed by atoms with Crippen molar-refractivity contribution in [1.29, 1.82) is 0 Å². The molecule has 4 saturated carbocycles. The Hall–Kier alpha value is -1.10. The Morgan fingerprint density at radius 2 is 1.39 bits per heavy atom. The van der Waals surface area contributed by atoms with Crippen molar-refractivity contribution in [2.75, 3.05) is 6.61 Å². The maximum atomic E-state index is 14.2. The lowest BCUT2D eigenvalue weighted by Gasteiger charge is -2.61. The molecule has 0 bridgehead atoms. The van der Waals surface area contributed by atoms with Gasteiger partial charge in [0, 0.05) is 12.3 Å². The maximum absolute atomic E-state index is 14.2. The molecule has 1 heterocycles. The summed E-state index contributed by atoms with van der Waals surface area (Å²) in [4.78, 5) is 26.8. The highest BCUT2D eigenvalue weighted by molar-refractivity contribution is 5.87. The van der Waals surface area contributed by atoms with E-state index >= 15 is 0 Å². The van der Waals surface area contributed by atoms with Crippen molar-refractivity contribution < 1.29 is 44.2 Å². The second kappa shape index (κ2) is 20.9. The second-order valence-corrected chi connectivity index (χ2v) is 20.2. The minimum atomic E-state index is -1.54. The number of fused-ring (bicyclic) bond motifs is 5. The summed E-state index contributed by atoms with van der Waals surface area (Å²) < 4.78 is 17.7. The van der Waals surface area contributed by atoms with Gasteiger partial charge in [0.1, 0.15) is 37.1 Å². The molecule has 6 unspecified atom stereocenters. The fourth-order valence-electron chi connectivity index (χ4n) is 12.7. The van der Waals surface area contributed by atoms with E-state index in [1.54, 1.807) is 0 Å². The van der Waals surface area contributed by atoms with Crippen LogP contribution in [0.15, 0.2) is 0 Å². The fraction of sp³-hybridized carbons (Fsp3) is 0.957. The van der Waals surface area contributed by atoms with Crippen molar-refractivity contribution in [3.8, 4) is 0 Å². The number of Topliss-reactive ketones (excluding diaryl/α,β-unsaturated/α-hetero) is 1. The lowest BCUT2D eigenvalue weighted by Crippen LogP contribution is -2.63. The largest absolute Gasteiger partial charge is 0.463 e. The summed E-state index contributed by atoms with van der Waals surface area (Å²) in [6, 6.07) is 0. The molecule has 324 valence electrons. The highest BCUT2D eigenvalue weighted by Gasteiger charge is 2.65. The molecule has 15 atom stereocenters. The lowest BCUT2D eigenvalue weighted by molar-refractivity contribution is -0.316. The molecule has 5 rings (SSSR count). The van der Waals surface area contributed by atoms with Crippen LogP contribution < -0.4 is 0 Å². The van der Waals surface area contributed by atoms with Crippen LogP contribution in [0.2, 0.25) is 0 Å². The first kappa shape index (κ1) is 46.0. The molecule has 1 saturated heterocycles. The number of hydrogen-bond acceptors (Lipinski definition) is 9. The van der Waals surface area contributed by atoms with Crippen LogP contribution in [0.4, 0.5) is 0 Å². The molecular formula is C47H82O9. The van der Waals surface area contributed by atoms with Crippen molar-refractivity contribution in [1.82, 2.24) is 0 Å². The standard InChI is InChI=1S/C47H82O9/c1-7-8-9-10-11-12-13-14-15-16-17-21-38(48)54-29-37-41(50)43(52)44(53)45(56-37)55-32-24-26-47(6)35-25-27-46(5)33(31(4)20-18-19-30(2)3)22-23-34(46)39(35)42(51)40(49)36(47)28-32/h30-37,39,41-45,50-53H,7-29H2,1-6H3/t31-,32?,33-,34?,35?,36?,37-,39?,41+,42?,43-,44-,45+,46-,47-/m1/s1. The summed E-state index contributed by atoms with van der Waals surface area (Å²) >= 11 is 0. The molecule has 5 aliphatic rings. The van der Waals surface area contributed by atoms with Gasteiger partial charge in [-0.25, -0.2) is 0 Å². The monoisotopic (exact) mass is 791 g/mol. The number of ketones is 1. The Balaban J connectivity index is 1.09. The van der Waals surface area contributed by atoms with Crippen molar-refractivity contribution >= 4 is 11.8 Å². The van der Waals surface area contributed by atoms with Gasteiger partial charge in [-0.05, 0) is 97.7 Å². The van der Waals surface area contributed by atoms with Gasteiger partial charge in [0.05, 0.1) is 6.10 Å². The van der Waals surface area contributed by atoms with E-state index in [1.165, 1.54) is 77.0 Å². The van der Waals surface area contributed by atoms with Gasteiger partial charge in [0.15, 0.2) is 12.1 Å². The molecule has 0 spiro atoms. The molecule has 56 heavy (non-hydrogen) atoms. The third-order valence-corrected chi connectivity index (χ3v) is 16.1. The van der Waals surface area contributed by atoms with E-state index in [2.05, 4.69) is 41.5 Å². The van der Waals surface area contributed by atoms with Crippen LogP contribution in [0.5, 0.6) is 0 Å². The van der Waals surface area contributed by atoms with Gasteiger partial charge in [-0.2, -0.15) is 0 Å². The summed E-state index contributed by atoms with van der Waals surface area (Å²) in [5.41, 5.74) is -0.0872. The van der Waals surface area contributed by atoms with Crippen LogP contribution >= 0.6 is 0 Å². The molecular weight excluding hydrogens is 709 g/mol. The molecule has 0 aromatic carbocycles. The highest BCUT2D eigenvalue weighted by Crippen LogP contribution is 2.68. The first-order valence-electron chi connectivity index (χ1n) is 23.4. The zero-order valence-electron chi connectivity index (χ0n) is 36.2. The van der Waals surface area contributed by atoms with E-state index < -0.39 is 42.9 Å². The number of aliphatic hydroxyl groups is 4. The number of rotatable bonds is 21. The molecule has 0 aromatic heterocycles. The van der Waals surface area contributed by atoms with Crippen molar-refractivity contribution in [3.63, 3.8) is 0 Å². The quantitative estimate of drug-likeness (QED) is 0.0510. The molecule has 0 aromatic rings. The van der Waals surface area contributed by atoms with Crippen molar-refractivity contribution in [2.24, 2.45) is 52.3 Å². The summed E-state index contributed by atoms with van der Waals surface area (Å²) in [5.74, 6) is 1.82. The minimum absolute atomic E-state index is 0.00802. The zero-order chi connectivity index (χ0) is 40.6. The molecule has 1 aliphatic heterocycles. The van der Waals surface area contributed by atoms with Gasteiger partial charge in [-0.3, -0.25) is 9.59 Å². The van der Waals surface area contributed by atoms with E-state index in [-0.39, 0.29) is 53.4 Å². The number of unbranched alkanes of at least 4 members (excludes halogenated alkanes) is 10. The Bertz CT molecular complexity index is 1230. The van der Waals surface area contributed by atoms with Crippen LogP contribution in [0.25, 0.3) is 0 Å². The van der Waals surface area contributed by atoms with Crippen molar-refractivity contribution in [2.45, 2.75) is 226 Å². The molecule has 5 fully saturated rings. The average Bonchev–Trinajstić information content (AvgIpc) is 3.53. The first-order valence-corrected chi connectivity index (χ1v) is 23.4.